The molecule has 1 fully saturated rings. The Kier molecular flexibility index (Phi) is 3.53. The molecule has 0 N–H and O–H groups in total. The molecular formula is C7F14O. The van der Waals surface area contributed by atoms with Gasteiger partial charge in [-0.15, -0.1) is 0 Å². The second-order valence-corrected chi connectivity index (χ2v) is 4.02. The average Bonchev–Trinajstić information content (AvgIpc) is 2.32. The van der Waals surface area contributed by atoms with E-state index in [1.807, 2.05) is 0 Å². The molecule has 0 unspecified atom stereocenters. The maximum Gasteiger partial charge on any atom is 0.460 e. The van der Waals surface area contributed by atoms with Gasteiger partial charge in [0.15, 0.2) is 0 Å². The van der Waals surface area contributed by atoms with Gasteiger partial charge in [0.1, 0.15) is 0 Å². The number of alkyl halides is 14. The highest BCUT2D eigenvalue weighted by atomic mass is 19.4. The van der Waals surface area contributed by atoms with E-state index in [-0.39, 0.29) is 0 Å². The molecule has 0 aromatic heterocycles. The number of halogens is 14. The van der Waals surface area contributed by atoms with Crippen LogP contribution in [0.15, 0.2) is 0 Å². The Morgan fingerprint density at radius 2 is 0.955 bits per heavy atom. The van der Waals surface area contributed by atoms with Crippen LogP contribution in [0.2, 0.25) is 0 Å². The molecule has 0 aromatic carbocycles. The zero-order valence-corrected chi connectivity index (χ0v) is 9.20. The van der Waals surface area contributed by atoms with Gasteiger partial charge in [-0.3, -0.25) is 0 Å². The Morgan fingerprint density at radius 1 is 0.591 bits per heavy atom. The van der Waals surface area contributed by atoms with Gasteiger partial charge in [-0.1, -0.05) is 0 Å². The Bertz CT molecular complexity index is 462. The van der Waals surface area contributed by atoms with Crippen LogP contribution >= 0.6 is 0 Å². The first-order valence-corrected chi connectivity index (χ1v) is 4.55. The zero-order valence-electron chi connectivity index (χ0n) is 9.20. The molecule has 1 aliphatic rings. The predicted octanol–water partition coefficient (Wildman–Crippen LogP) is 4.38. The van der Waals surface area contributed by atoms with E-state index >= 15 is 0 Å². The lowest BCUT2D eigenvalue weighted by Crippen LogP contribution is -2.72. The molecule has 0 aliphatic carbocycles. The average molecular weight is 366 g/mol. The van der Waals surface area contributed by atoms with Crippen LogP contribution in [-0.2, 0) is 4.74 Å². The quantitative estimate of drug-likeness (QED) is 0.660. The summed E-state index contributed by atoms with van der Waals surface area (Å²) in [5.41, 5.74) is -7.68. The number of hydrogen-bond acceptors (Lipinski definition) is 1. The standard InChI is InChI=1S/C7F14O/c8-1(2(9,10)4(13,14)5(15,16)17)3(11,12)7(20,21)22-6(1,18)19/t1-/m0/s1. The van der Waals surface area contributed by atoms with Crippen molar-refractivity contribution in [1.29, 1.82) is 0 Å². The number of hydrogen-bond donors (Lipinski definition) is 0. The minimum absolute atomic E-state index is 1.69. The van der Waals surface area contributed by atoms with Crippen molar-refractivity contribution in [2.45, 2.75) is 41.8 Å². The molecule has 0 saturated carbocycles. The fraction of sp³-hybridized carbons (Fsp3) is 1.00. The highest BCUT2D eigenvalue weighted by Gasteiger charge is 3.01. The number of ether oxygens (including phenoxy) is 1. The summed E-state index contributed by atoms with van der Waals surface area (Å²) in [4.78, 5) is 0. The zero-order chi connectivity index (χ0) is 18.2. The Balaban J connectivity index is 3.70. The van der Waals surface area contributed by atoms with Crippen LogP contribution < -0.4 is 0 Å². The van der Waals surface area contributed by atoms with Crippen LogP contribution in [0.25, 0.3) is 0 Å². The van der Waals surface area contributed by atoms with Crippen molar-refractivity contribution in [3.63, 3.8) is 0 Å². The van der Waals surface area contributed by atoms with E-state index in [9.17, 15) is 61.5 Å². The van der Waals surface area contributed by atoms with Gasteiger partial charge in [-0.25, -0.2) is 9.13 Å². The van der Waals surface area contributed by atoms with Gasteiger partial charge >= 0.3 is 41.8 Å². The van der Waals surface area contributed by atoms with E-state index in [1.165, 1.54) is 0 Å². The third kappa shape index (κ3) is 1.76. The lowest BCUT2D eigenvalue weighted by molar-refractivity contribution is -0.426. The molecule has 1 aliphatic heterocycles. The van der Waals surface area contributed by atoms with Crippen molar-refractivity contribution in [1.82, 2.24) is 0 Å². The summed E-state index contributed by atoms with van der Waals surface area (Å²) in [6, 6.07) is 0. The van der Waals surface area contributed by atoms with Crippen LogP contribution in [-0.4, -0.2) is 41.8 Å². The Morgan fingerprint density at radius 3 is 1.18 bits per heavy atom. The summed E-state index contributed by atoms with van der Waals surface area (Å²) in [5, 5.41) is 0. The van der Waals surface area contributed by atoms with E-state index in [0.717, 1.165) is 0 Å². The molecule has 1 atom stereocenters. The third-order valence-electron chi connectivity index (χ3n) is 2.64. The second-order valence-electron chi connectivity index (χ2n) is 4.02. The first kappa shape index (κ1) is 19.0. The summed E-state index contributed by atoms with van der Waals surface area (Å²) in [6.07, 6.45) is -21.4. The SMILES string of the molecule is FC(F)(F)C(F)(F)C(F)(F)[C@@]1(F)C(F)(F)OC(F)(F)C1(F)F. The smallest absolute Gasteiger partial charge is 0.247 e. The van der Waals surface area contributed by atoms with Crippen LogP contribution in [0.1, 0.15) is 0 Å². The van der Waals surface area contributed by atoms with Crippen molar-refractivity contribution in [3.8, 4) is 0 Å². The predicted molar refractivity (Wildman–Crippen MR) is 35.7 cm³/mol. The van der Waals surface area contributed by atoms with Crippen LogP contribution in [0.3, 0.4) is 0 Å². The lowest BCUT2D eigenvalue weighted by atomic mass is 9.86. The lowest BCUT2D eigenvalue weighted by Gasteiger charge is -2.39. The molecule has 22 heavy (non-hydrogen) atoms. The molecule has 0 bridgehead atoms. The summed E-state index contributed by atoms with van der Waals surface area (Å²) in [6.45, 7) is 0. The summed E-state index contributed by atoms with van der Waals surface area (Å²) in [5.74, 6) is -23.3. The maximum absolute atomic E-state index is 13.3. The fourth-order valence-corrected chi connectivity index (χ4v) is 1.45. The maximum atomic E-state index is 13.3. The summed E-state index contributed by atoms with van der Waals surface area (Å²) >= 11 is 0. The topological polar surface area (TPSA) is 9.23 Å². The molecule has 1 saturated heterocycles. The molecule has 1 nitrogen and oxygen atoms in total. The highest BCUT2D eigenvalue weighted by Crippen LogP contribution is 2.69. The monoisotopic (exact) mass is 366 g/mol. The minimum atomic E-state index is -8.01. The van der Waals surface area contributed by atoms with E-state index in [4.69, 9.17) is 0 Å². The molecule has 1 rings (SSSR count). The van der Waals surface area contributed by atoms with Gasteiger partial charge in [0.25, 0.3) is 0 Å². The molecule has 0 amide bonds. The van der Waals surface area contributed by atoms with Gasteiger partial charge in [0.2, 0.25) is 0 Å². The van der Waals surface area contributed by atoms with Crippen molar-refractivity contribution < 1.29 is 66.2 Å². The number of rotatable bonds is 2. The molecular weight excluding hydrogens is 366 g/mol. The van der Waals surface area contributed by atoms with Crippen LogP contribution in [0.4, 0.5) is 61.5 Å². The van der Waals surface area contributed by atoms with E-state index in [2.05, 4.69) is 0 Å². The van der Waals surface area contributed by atoms with Crippen molar-refractivity contribution in [2.75, 3.05) is 0 Å². The normalized spacial score (nSPS) is 31.4. The first-order valence-electron chi connectivity index (χ1n) is 4.55. The summed E-state index contributed by atoms with van der Waals surface area (Å²) < 4.78 is 177. The molecule has 15 heteroatoms. The highest BCUT2D eigenvalue weighted by molar-refractivity contribution is 5.21. The fourth-order valence-electron chi connectivity index (χ4n) is 1.45. The minimum Gasteiger partial charge on any atom is -0.247 e. The van der Waals surface area contributed by atoms with E-state index < -0.39 is 41.8 Å². The van der Waals surface area contributed by atoms with Gasteiger partial charge in [0.05, 0.1) is 0 Å². The summed E-state index contributed by atoms with van der Waals surface area (Å²) in [7, 11) is 0. The van der Waals surface area contributed by atoms with E-state index in [1.54, 1.807) is 4.74 Å². The molecule has 0 radical (unpaired) electrons. The van der Waals surface area contributed by atoms with Gasteiger partial charge in [0, 0.05) is 0 Å². The van der Waals surface area contributed by atoms with Crippen LogP contribution in [0.5, 0.6) is 0 Å². The van der Waals surface area contributed by atoms with Gasteiger partial charge in [-0.05, 0) is 0 Å². The van der Waals surface area contributed by atoms with Crippen molar-refractivity contribution in [2.24, 2.45) is 0 Å². The molecule has 0 spiro atoms. The van der Waals surface area contributed by atoms with Crippen molar-refractivity contribution >= 4 is 0 Å². The van der Waals surface area contributed by atoms with Crippen molar-refractivity contribution in [3.05, 3.63) is 0 Å². The van der Waals surface area contributed by atoms with E-state index in [0.29, 0.717) is 0 Å². The third-order valence-corrected chi connectivity index (χ3v) is 2.64. The Hall–Kier alpha value is -1.02. The second kappa shape index (κ2) is 4.08. The Labute approximate surface area is 109 Å². The molecule has 1 heterocycles. The largest absolute Gasteiger partial charge is 0.460 e. The van der Waals surface area contributed by atoms with Gasteiger partial charge < -0.3 is 0 Å². The first-order chi connectivity index (χ1) is 9.21. The van der Waals surface area contributed by atoms with Crippen LogP contribution in [0, 0.1) is 0 Å². The molecule has 0 aromatic rings. The molecule has 132 valence electrons. The van der Waals surface area contributed by atoms with Gasteiger partial charge in [-0.2, -0.15) is 57.1 Å².